The van der Waals surface area contributed by atoms with Gasteiger partial charge in [0.1, 0.15) is 0 Å². The molecule has 2 aromatic carbocycles. The molecule has 1 aliphatic carbocycles. The Morgan fingerprint density at radius 3 is 2.64 bits per heavy atom. The van der Waals surface area contributed by atoms with Gasteiger partial charge in [-0.15, -0.1) is 0 Å². The van der Waals surface area contributed by atoms with Gasteiger partial charge in [0, 0.05) is 11.8 Å². The van der Waals surface area contributed by atoms with Gasteiger partial charge in [0.2, 0.25) is 0 Å². The van der Waals surface area contributed by atoms with Crippen LogP contribution < -0.4 is 0 Å². The number of pyridine rings is 1. The second-order valence-corrected chi connectivity index (χ2v) is 5.68. The highest BCUT2D eigenvalue weighted by Crippen LogP contribution is 2.42. The minimum atomic E-state index is 0.710. The minimum Gasteiger partial charge on any atom is -0.256 e. The first-order valence-electron chi connectivity index (χ1n) is 7.32. The first-order chi connectivity index (χ1) is 10.8. The maximum atomic E-state index is 7.18. The molecule has 1 aromatic heterocycles. The fourth-order valence-electron chi connectivity index (χ4n) is 3.15. The third-order valence-corrected chi connectivity index (χ3v) is 4.24. The average molecular weight is 282 g/mol. The summed E-state index contributed by atoms with van der Waals surface area (Å²) in [5.74, 6) is 0. The highest BCUT2D eigenvalue weighted by molar-refractivity contribution is 5.85. The fraction of sp³-hybridized carbons (Fsp3) is 0.100. The Morgan fingerprint density at radius 1 is 1.00 bits per heavy atom. The summed E-state index contributed by atoms with van der Waals surface area (Å²) in [7, 11) is 0. The van der Waals surface area contributed by atoms with Gasteiger partial charge >= 0.3 is 0 Å². The van der Waals surface area contributed by atoms with E-state index in [-0.39, 0.29) is 0 Å². The third-order valence-electron chi connectivity index (χ3n) is 4.24. The molecule has 0 bridgehead atoms. The fourth-order valence-corrected chi connectivity index (χ4v) is 3.15. The van der Waals surface area contributed by atoms with Crippen LogP contribution in [0.2, 0.25) is 0 Å². The highest BCUT2D eigenvalue weighted by atomic mass is 14.7. The zero-order valence-electron chi connectivity index (χ0n) is 12.3. The quantitative estimate of drug-likeness (QED) is 0.440. The van der Waals surface area contributed by atoms with E-state index in [1.165, 1.54) is 33.4 Å². The van der Waals surface area contributed by atoms with Crippen molar-refractivity contribution in [1.82, 2.24) is 4.98 Å². The van der Waals surface area contributed by atoms with Crippen molar-refractivity contribution in [2.45, 2.75) is 13.3 Å². The van der Waals surface area contributed by atoms with Crippen LogP contribution in [0.25, 0.3) is 27.2 Å². The molecular formula is C20H14N2. The molecule has 1 aliphatic rings. The lowest BCUT2D eigenvalue weighted by Crippen LogP contribution is -1.90. The van der Waals surface area contributed by atoms with E-state index < -0.39 is 0 Å². The van der Waals surface area contributed by atoms with E-state index in [1.807, 2.05) is 25.3 Å². The van der Waals surface area contributed by atoms with Crippen LogP contribution in [0.15, 0.2) is 54.7 Å². The molecule has 2 heteroatoms. The molecule has 104 valence electrons. The normalized spacial score (nSPS) is 11.6. The number of hydrogen-bond donors (Lipinski definition) is 0. The van der Waals surface area contributed by atoms with Crippen LogP contribution in [0.3, 0.4) is 0 Å². The number of aryl methyl sites for hydroxylation is 1. The highest BCUT2D eigenvalue weighted by Gasteiger charge is 2.21. The molecule has 22 heavy (non-hydrogen) atoms. The summed E-state index contributed by atoms with van der Waals surface area (Å²) < 4.78 is 0. The van der Waals surface area contributed by atoms with Gasteiger partial charge in [-0.05, 0) is 47.2 Å². The molecule has 3 aromatic rings. The molecule has 0 aliphatic heterocycles. The molecule has 4 rings (SSSR count). The third kappa shape index (κ3) is 1.91. The number of nitrogens with zero attached hydrogens (tertiary/aromatic N) is 2. The van der Waals surface area contributed by atoms with E-state index >= 15 is 0 Å². The number of benzene rings is 2. The molecule has 0 fully saturated rings. The Hall–Kier alpha value is -2.92. The first-order valence-corrected chi connectivity index (χ1v) is 7.32. The molecule has 0 radical (unpaired) electrons. The van der Waals surface area contributed by atoms with Crippen molar-refractivity contribution < 1.29 is 0 Å². The minimum absolute atomic E-state index is 0.710. The van der Waals surface area contributed by atoms with Crippen molar-refractivity contribution in [2.24, 2.45) is 0 Å². The van der Waals surface area contributed by atoms with Gasteiger partial charge in [-0.2, -0.15) is 0 Å². The monoisotopic (exact) mass is 282 g/mol. The summed E-state index contributed by atoms with van der Waals surface area (Å²) in [6.07, 6.45) is 2.79. The van der Waals surface area contributed by atoms with E-state index in [0.29, 0.717) is 5.69 Å². The summed E-state index contributed by atoms with van der Waals surface area (Å²) in [6.45, 7) is 9.23. The van der Waals surface area contributed by atoms with Crippen LogP contribution >= 0.6 is 0 Å². The van der Waals surface area contributed by atoms with Gasteiger partial charge in [0.25, 0.3) is 0 Å². The number of rotatable bonds is 1. The molecule has 0 saturated carbocycles. The van der Waals surface area contributed by atoms with Gasteiger partial charge in [0.15, 0.2) is 5.69 Å². The Bertz CT molecular complexity index is 915. The van der Waals surface area contributed by atoms with Crippen molar-refractivity contribution in [3.8, 4) is 22.4 Å². The van der Waals surface area contributed by atoms with Crippen LogP contribution in [-0.2, 0) is 6.42 Å². The SMILES string of the molecule is [C-]#[N+]c1ccc2c(c1)Cc1c(-c3ccc(C)cn3)cccc1-2. The summed E-state index contributed by atoms with van der Waals surface area (Å²) in [5, 5.41) is 0. The number of aromatic nitrogens is 1. The predicted octanol–water partition coefficient (Wildman–Crippen LogP) is 5.18. The molecule has 0 amide bonds. The van der Waals surface area contributed by atoms with E-state index in [2.05, 4.69) is 46.2 Å². The van der Waals surface area contributed by atoms with Gasteiger partial charge < -0.3 is 0 Å². The Labute approximate surface area is 129 Å². The predicted molar refractivity (Wildman–Crippen MR) is 88.9 cm³/mol. The molecular weight excluding hydrogens is 268 g/mol. The second kappa shape index (κ2) is 4.82. The van der Waals surface area contributed by atoms with Crippen molar-refractivity contribution in [3.63, 3.8) is 0 Å². The van der Waals surface area contributed by atoms with E-state index in [4.69, 9.17) is 6.57 Å². The topological polar surface area (TPSA) is 17.2 Å². The Balaban J connectivity index is 1.88. The van der Waals surface area contributed by atoms with E-state index in [1.54, 1.807) is 0 Å². The summed E-state index contributed by atoms with van der Waals surface area (Å²) >= 11 is 0. The lowest BCUT2D eigenvalue weighted by Gasteiger charge is -2.08. The Morgan fingerprint density at radius 2 is 1.86 bits per heavy atom. The first kappa shape index (κ1) is 12.8. The van der Waals surface area contributed by atoms with Crippen LogP contribution in [0.4, 0.5) is 5.69 Å². The van der Waals surface area contributed by atoms with Gasteiger partial charge in [-0.1, -0.05) is 42.5 Å². The molecule has 0 atom stereocenters. The Kier molecular flexibility index (Phi) is 2.80. The van der Waals surface area contributed by atoms with Crippen molar-refractivity contribution in [2.75, 3.05) is 0 Å². The molecule has 0 unspecified atom stereocenters. The summed E-state index contributed by atoms with van der Waals surface area (Å²) in [5.41, 5.74) is 9.16. The van der Waals surface area contributed by atoms with Gasteiger partial charge in [0.05, 0.1) is 12.3 Å². The molecule has 0 spiro atoms. The van der Waals surface area contributed by atoms with Crippen LogP contribution in [0.1, 0.15) is 16.7 Å². The molecule has 2 nitrogen and oxygen atoms in total. The maximum absolute atomic E-state index is 7.18. The van der Waals surface area contributed by atoms with Gasteiger partial charge in [-0.25, -0.2) is 4.85 Å². The maximum Gasteiger partial charge on any atom is 0.187 e. The van der Waals surface area contributed by atoms with Crippen molar-refractivity contribution in [1.29, 1.82) is 0 Å². The largest absolute Gasteiger partial charge is 0.256 e. The molecule has 0 N–H and O–H groups in total. The number of hydrogen-bond acceptors (Lipinski definition) is 1. The van der Waals surface area contributed by atoms with Crippen molar-refractivity contribution in [3.05, 3.63) is 82.8 Å². The zero-order chi connectivity index (χ0) is 15.1. The lowest BCUT2D eigenvalue weighted by atomic mass is 9.98. The smallest absolute Gasteiger partial charge is 0.187 e. The summed E-state index contributed by atoms with van der Waals surface area (Å²) in [6, 6.07) is 16.6. The zero-order valence-corrected chi connectivity index (χ0v) is 12.3. The van der Waals surface area contributed by atoms with Crippen LogP contribution in [0.5, 0.6) is 0 Å². The second-order valence-electron chi connectivity index (χ2n) is 5.68. The molecule has 1 heterocycles. The van der Waals surface area contributed by atoms with E-state index in [9.17, 15) is 0 Å². The average Bonchev–Trinajstić information content (AvgIpc) is 2.93. The standard InChI is InChI=1S/C20H14N2/c1-13-6-9-20(22-12-13)18-5-3-4-17-16-8-7-15(21-2)10-14(16)11-19(17)18/h3-10,12H,11H2,1H3. The van der Waals surface area contributed by atoms with Crippen molar-refractivity contribution >= 4 is 5.69 Å². The van der Waals surface area contributed by atoms with Gasteiger partial charge in [-0.3, -0.25) is 4.98 Å². The van der Waals surface area contributed by atoms with E-state index in [0.717, 1.165) is 12.1 Å². The molecule has 0 saturated heterocycles. The van der Waals surface area contributed by atoms with Crippen LogP contribution in [0, 0.1) is 13.5 Å². The number of fused-ring (bicyclic) bond motifs is 3. The van der Waals surface area contributed by atoms with Crippen LogP contribution in [-0.4, -0.2) is 4.98 Å². The lowest BCUT2D eigenvalue weighted by molar-refractivity contribution is 1.23. The summed E-state index contributed by atoms with van der Waals surface area (Å²) in [4.78, 5) is 8.11.